The molecule has 0 unspecified atom stereocenters. The normalized spacial score (nSPS) is 10.7. The van der Waals surface area contributed by atoms with Crippen molar-refractivity contribution >= 4 is 33.3 Å². The van der Waals surface area contributed by atoms with Crippen LogP contribution in [0, 0.1) is 0 Å². The Hall–Kier alpha value is -2.60. The molecular formula is C17H15NO4S. The van der Waals surface area contributed by atoms with Crippen molar-refractivity contribution in [3.8, 4) is 5.75 Å². The summed E-state index contributed by atoms with van der Waals surface area (Å²) in [4.78, 5) is 25.4. The highest BCUT2D eigenvalue weighted by molar-refractivity contribution is 7.16. The summed E-state index contributed by atoms with van der Waals surface area (Å²) < 4.78 is 11.6. The predicted molar refractivity (Wildman–Crippen MR) is 88.5 cm³/mol. The van der Waals surface area contributed by atoms with Gasteiger partial charge in [-0.1, -0.05) is 0 Å². The summed E-state index contributed by atoms with van der Waals surface area (Å²) in [6, 6.07) is 10.6. The number of thiophene rings is 1. The Labute approximate surface area is 137 Å². The molecule has 0 saturated carbocycles. The van der Waals surface area contributed by atoms with Gasteiger partial charge in [-0.25, -0.2) is 4.79 Å². The number of nitrogens with zero attached hydrogens (tertiary/aromatic N) is 1. The van der Waals surface area contributed by atoms with E-state index in [4.69, 9.17) is 9.47 Å². The Balaban J connectivity index is 1.94. The van der Waals surface area contributed by atoms with Crippen LogP contribution in [0.5, 0.6) is 5.75 Å². The molecule has 23 heavy (non-hydrogen) atoms. The number of hydrogen-bond donors (Lipinski definition) is 0. The van der Waals surface area contributed by atoms with Gasteiger partial charge in [0.25, 0.3) is 0 Å². The van der Waals surface area contributed by atoms with Crippen LogP contribution in [0.3, 0.4) is 0 Å². The first-order chi connectivity index (χ1) is 11.1. The van der Waals surface area contributed by atoms with E-state index in [1.54, 1.807) is 42.0 Å². The fourth-order valence-electron chi connectivity index (χ4n) is 2.42. The van der Waals surface area contributed by atoms with Crippen LogP contribution in [0.25, 0.3) is 10.2 Å². The molecule has 3 aromatic rings. The quantitative estimate of drug-likeness (QED) is 0.532. The highest BCUT2D eigenvalue weighted by Gasteiger charge is 2.19. The number of carbonyl (C=O) groups is 2. The smallest absolute Gasteiger partial charge is 0.354 e. The summed E-state index contributed by atoms with van der Waals surface area (Å²) in [5.74, 6) is 0.165. The molecule has 0 spiro atoms. The van der Waals surface area contributed by atoms with Crippen molar-refractivity contribution in [3.05, 3.63) is 53.0 Å². The van der Waals surface area contributed by atoms with E-state index in [1.165, 1.54) is 18.4 Å². The molecule has 0 amide bonds. The van der Waals surface area contributed by atoms with E-state index in [2.05, 4.69) is 0 Å². The second kappa shape index (κ2) is 6.26. The van der Waals surface area contributed by atoms with E-state index in [9.17, 15) is 9.59 Å². The van der Waals surface area contributed by atoms with E-state index >= 15 is 0 Å². The SMILES string of the molecule is COC(=O)c1cc2ccsc2n1CC(=O)c1ccc(OC)cc1. The molecule has 0 atom stereocenters. The molecule has 0 aliphatic heterocycles. The lowest BCUT2D eigenvalue weighted by molar-refractivity contribution is 0.0589. The van der Waals surface area contributed by atoms with Crippen molar-refractivity contribution in [3.63, 3.8) is 0 Å². The zero-order valence-corrected chi connectivity index (χ0v) is 13.6. The van der Waals surface area contributed by atoms with Gasteiger partial charge in [0.2, 0.25) is 0 Å². The molecule has 2 heterocycles. The predicted octanol–water partition coefficient (Wildman–Crippen LogP) is 3.38. The molecule has 0 aliphatic rings. The minimum atomic E-state index is -0.448. The zero-order chi connectivity index (χ0) is 16.4. The average Bonchev–Trinajstić information content (AvgIpc) is 3.16. The first-order valence-electron chi connectivity index (χ1n) is 6.96. The minimum absolute atomic E-state index is 0.0799. The number of benzene rings is 1. The standard InChI is InChI=1S/C17H15NO4S/c1-21-13-5-3-11(4-6-13)15(19)10-18-14(17(20)22-2)9-12-7-8-23-16(12)18/h3-9H,10H2,1-2H3. The topological polar surface area (TPSA) is 57.5 Å². The van der Waals surface area contributed by atoms with Crippen molar-refractivity contribution in [2.45, 2.75) is 6.54 Å². The van der Waals surface area contributed by atoms with Gasteiger partial charge in [-0.3, -0.25) is 4.79 Å². The maximum absolute atomic E-state index is 12.5. The van der Waals surface area contributed by atoms with Crippen LogP contribution in [-0.2, 0) is 11.3 Å². The fraction of sp³-hybridized carbons (Fsp3) is 0.176. The molecule has 0 N–H and O–H groups in total. The number of carbonyl (C=O) groups excluding carboxylic acids is 2. The molecule has 0 radical (unpaired) electrons. The summed E-state index contributed by atoms with van der Waals surface area (Å²) in [7, 11) is 2.91. The maximum atomic E-state index is 12.5. The molecule has 5 nitrogen and oxygen atoms in total. The largest absolute Gasteiger partial charge is 0.497 e. The van der Waals surface area contributed by atoms with Crippen molar-refractivity contribution in [1.29, 1.82) is 0 Å². The molecular weight excluding hydrogens is 314 g/mol. The molecule has 3 rings (SSSR count). The highest BCUT2D eigenvalue weighted by Crippen LogP contribution is 2.26. The Morgan fingerprint density at radius 3 is 2.52 bits per heavy atom. The van der Waals surface area contributed by atoms with E-state index < -0.39 is 5.97 Å². The number of fused-ring (bicyclic) bond motifs is 1. The molecule has 6 heteroatoms. The van der Waals surface area contributed by atoms with Crippen LogP contribution < -0.4 is 4.74 Å². The first-order valence-corrected chi connectivity index (χ1v) is 7.84. The van der Waals surface area contributed by atoms with E-state index in [1.807, 2.05) is 11.4 Å². The van der Waals surface area contributed by atoms with Crippen LogP contribution in [0.1, 0.15) is 20.8 Å². The lowest BCUT2D eigenvalue weighted by Gasteiger charge is -2.08. The number of ketones is 1. The third kappa shape index (κ3) is 2.85. The number of aromatic nitrogens is 1. The third-order valence-electron chi connectivity index (χ3n) is 3.61. The number of Topliss-reactive ketones (excluding diaryl/α,β-unsaturated/α-hetero) is 1. The molecule has 0 saturated heterocycles. The van der Waals surface area contributed by atoms with Gasteiger partial charge in [-0.2, -0.15) is 0 Å². The van der Waals surface area contributed by atoms with E-state index in [0.717, 1.165) is 10.2 Å². The van der Waals surface area contributed by atoms with E-state index in [-0.39, 0.29) is 12.3 Å². The second-order valence-corrected chi connectivity index (χ2v) is 5.83. The van der Waals surface area contributed by atoms with Gasteiger partial charge in [-0.05, 0) is 41.8 Å². The van der Waals surface area contributed by atoms with Gasteiger partial charge in [0, 0.05) is 10.9 Å². The Morgan fingerprint density at radius 1 is 1.13 bits per heavy atom. The van der Waals surface area contributed by atoms with Gasteiger partial charge in [0.05, 0.1) is 20.8 Å². The van der Waals surface area contributed by atoms with E-state index in [0.29, 0.717) is 17.0 Å². The van der Waals surface area contributed by atoms with Crippen molar-refractivity contribution in [2.75, 3.05) is 14.2 Å². The molecule has 118 valence electrons. The molecule has 0 bridgehead atoms. The van der Waals surface area contributed by atoms with Gasteiger partial charge >= 0.3 is 5.97 Å². The Kier molecular flexibility index (Phi) is 4.16. The summed E-state index contributed by atoms with van der Waals surface area (Å²) in [6.45, 7) is 0.0841. The van der Waals surface area contributed by atoms with Crippen molar-refractivity contribution < 1.29 is 19.1 Å². The summed E-state index contributed by atoms with van der Waals surface area (Å²) in [6.07, 6.45) is 0. The summed E-state index contributed by atoms with van der Waals surface area (Å²) in [5.41, 5.74) is 0.955. The summed E-state index contributed by atoms with van der Waals surface area (Å²) >= 11 is 1.49. The monoisotopic (exact) mass is 329 g/mol. The molecule has 2 aromatic heterocycles. The lowest BCUT2D eigenvalue weighted by atomic mass is 10.1. The second-order valence-electron chi connectivity index (χ2n) is 4.94. The van der Waals surface area contributed by atoms with Crippen LogP contribution in [0.15, 0.2) is 41.8 Å². The third-order valence-corrected chi connectivity index (χ3v) is 4.56. The Morgan fingerprint density at radius 2 is 1.87 bits per heavy atom. The minimum Gasteiger partial charge on any atom is -0.497 e. The highest BCUT2D eigenvalue weighted by atomic mass is 32.1. The molecule has 1 aromatic carbocycles. The van der Waals surface area contributed by atoms with Crippen LogP contribution in [-0.4, -0.2) is 30.5 Å². The number of ether oxygens (including phenoxy) is 2. The first kappa shape index (κ1) is 15.3. The van der Waals surface area contributed by atoms with Gasteiger partial charge in [-0.15, -0.1) is 11.3 Å². The number of hydrogen-bond acceptors (Lipinski definition) is 5. The van der Waals surface area contributed by atoms with Crippen LogP contribution in [0.2, 0.25) is 0 Å². The number of esters is 1. The number of methoxy groups -OCH3 is 2. The van der Waals surface area contributed by atoms with Crippen LogP contribution in [0.4, 0.5) is 0 Å². The van der Waals surface area contributed by atoms with Crippen LogP contribution >= 0.6 is 11.3 Å². The fourth-order valence-corrected chi connectivity index (χ4v) is 3.31. The average molecular weight is 329 g/mol. The number of rotatable bonds is 5. The van der Waals surface area contributed by atoms with Crippen molar-refractivity contribution in [1.82, 2.24) is 4.57 Å². The van der Waals surface area contributed by atoms with Crippen molar-refractivity contribution in [2.24, 2.45) is 0 Å². The molecule has 0 fully saturated rings. The zero-order valence-electron chi connectivity index (χ0n) is 12.7. The Bertz CT molecular complexity index is 860. The van der Waals surface area contributed by atoms with Gasteiger partial charge in [0.15, 0.2) is 5.78 Å². The van der Waals surface area contributed by atoms with Gasteiger partial charge in [0.1, 0.15) is 16.3 Å². The molecule has 0 aliphatic carbocycles. The van der Waals surface area contributed by atoms with Gasteiger partial charge < -0.3 is 14.0 Å². The maximum Gasteiger partial charge on any atom is 0.354 e. The lowest BCUT2D eigenvalue weighted by Crippen LogP contribution is -2.16. The summed E-state index contributed by atoms with van der Waals surface area (Å²) in [5, 5.41) is 2.86.